The second-order valence-electron chi connectivity index (χ2n) is 3.62. The third-order valence-electron chi connectivity index (χ3n) is 1.73. The predicted molar refractivity (Wildman–Crippen MR) is 62.7 cm³/mol. The molecule has 0 radical (unpaired) electrons. The Balaban J connectivity index is 4.32. The molecule has 0 aliphatic carbocycles. The van der Waals surface area contributed by atoms with E-state index in [0.29, 0.717) is 6.61 Å². The third-order valence-corrected chi connectivity index (χ3v) is 2.14. The fourth-order valence-corrected chi connectivity index (χ4v) is 1.31. The summed E-state index contributed by atoms with van der Waals surface area (Å²) >= 11 is 6.00. The van der Waals surface area contributed by atoms with E-state index in [9.17, 15) is 4.79 Å². The van der Waals surface area contributed by atoms with E-state index in [1.54, 1.807) is 0 Å². The summed E-state index contributed by atoms with van der Waals surface area (Å²) in [4.78, 5) is 11.4. The molecule has 4 nitrogen and oxygen atoms in total. The number of alkyl halides is 1. The van der Waals surface area contributed by atoms with Gasteiger partial charge in [0.15, 0.2) is 0 Å². The largest absolute Gasteiger partial charge is 0.455 e. The zero-order valence-electron chi connectivity index (χ0n) is 10.2. The van der Waals surface area contributed by atoms with Crippen molar-refractivity contribution >= 4 is 17.6 Å². The predicted octanol–water partition coefficient (Wildman–Crippen LogP) is 1.76. The van der Waals surface area contributed by atoms with Crippen molar-refractivity contribution in [3.8, 4) is 0 Å². The Hall–Kier alpha value is -0.580. The van der Waals surface area contributed by atoms with E-state index in [4.69, 9.17) is 25.8 Å². The van der Waals surface area contributed by atoms with Gasteiger partial charge in [0, 0.05) is 20.3 Å². The zero-order valence-corrected chi connectivity index (χ0v) is 10.9. The van der Waals surface area contributed by atoms with Crippen LogP contribution in [0.2, 0.25) is 0 Å². The number of carbonyl (C=O) groups is 1. The Morgan fingerprint density at radius 1 is 1.25 bits per heavy atom. The van der Waals surface area contributed by atoms with Gasteiger partial charge in [0.1, 0.15) is 6.10 Å². The summed E-state index contributed by atoms with van der Waals surface area (Å²) in [6, 6.07) is 0. The Morgan fingerprint density at radius 3 is 2.25 bits per heavy atom. The van der Waals surface area contributed by atoms with Crippen molar-refractivity contribution in [2.45, 2.75) is 25.3 Å². The van der Waals surface area contributed by atoms with Crippen LogP contribution < -0.4 is 0 Å². The molecule has 0 N–H and O–H groups in total. The number of hydrogen-bond acceptors (Lipinski definition) is 4. The van der Waals surface area contributed by atoms with Gasteiger partial charge in [-0.15, -0.1) is 11.6 Å². The first-order valence-corrected chi connectivity index (χ1v) is 5.42. The number of allylic oxidation sites excluding steroid dienone is 1. The Labute approximate surface area is 102 Å². The van der Waals surface area contributed by atoms with E-state index in [0.717, 1.165) is 5.57 Å². The van der Waals surface area contributed by atoms with Crippen LogP contribution >= 0.6 is 11.6 Å². The Morgan fingerprint density at radius 2 is 1.81 bits per heavy atom. The number of hydrogen-bond donors (Lipinski definition) is 0. The molecular formula is C11H19ClO4. The monoisotopic (exact) mass is 250 g/mol. The van der Waals surface area contributed by atoms with Crippen LogP contribution in [0.25, 0.3) is 0 Å². The topological polar surface area (TPSA) is 44.8 Å². The van der Waals surface area contributed by atoms with Crippen LogP contribution in [0.3, 0.4) is 0 Å². The van der Waals surface area contributed by atoms with Crippen molar-refractivity contribution in [1.29, 1.82) is 0 Å². The van der Waals surface area contributed by atoms with Crippen molar-refractivity contribution in [3.63, 3.8) is 0 Å². The van der Waals surface area contributed by atoms with Gasteiger partial charge in [0.25, 0.3) is 0 Å². The molecule has 0 aliphatic rings. The Bertz CT molecular complexity index is 236. The molecule has 0 aliphatic heterocycles. The van der Waals surface area contributed by atoms with Gasteiger partial charge in [0.05, 0.1) is 18.6 Å². The van der Waals surface area contributed by atoms with Crippen LogP contribution in [-0.4, -0.2) is 44.9 Å². The standard InChI is InChI=1S/C11H19ClO4/c1-8(2)5-11(13)16-10(7-15-4)9(12)6-14-3/h5,9-10H,6-7H2,1-4H3/t9-,10+/m1/s1. The number of methoxy groups -OCH3 is 2. The minimum Gasteiger partial charge on any atom is -0.455 e. The molecule has 0 rings (SSSR count). The van der Waals surface area contributed by atoms with Gasteiger partial charge in [-0.3, -0.25) is 0 Å². The van der Waals surface area contributed by atoms with Gasteiger partial charge < -0.3 is 14.2 Å². The third kappa shape index (κ3) is 6.82. The molecule has 94 valence electrons. The fraction of sp³-hybridized carbons (Fsp3) is 0.727. The molecule has 0 heterocycles. The number of rotatable bonds is 7. The normalized spacial score (nSPS) is 14.1. The van der Waals surface area contributed by atoms with Crippen LogP contribution in [0, 0.1) is 0 Å². The molecule has 2 atom stereocenters. The lowest BCUT2D eigenvalue weighted by Gasteiger charge is -2.20. The molecule has 0 spiro atoms. The highest BCUT2D eigenvalue weighted by molar-refractivity contribution is 6.21. The second-order valence-corrected chi connectivity index (χ2v) is 4.18. The average molecular weight is 251 g/mol. The molecule has 0 saturated carbocycles. The molecule has 0 amide bonds. The maximum Gasteiger partial charge on any atom is 0.331 e. The molecule has 0 unspecified atom stereocenters. The van der Waals surface area contributed by atoms with Crippen molar-refractivity contribution in [2.75, 3.05) is 27.4 Å². The van der Waals surface area contributed by atoms with Crippen LogP contribution in [-0.2, 0) is 19.0 Å². The van der Waals surface area contributed by atoms with E-state index in [2.05, 4.69) is 0 Å². The minimum absolute atomic E-state index is 0.250. The summed E-state index contributed by atoms with van der Waals surface area (Å²) in [5.74, 6) is -0.413. The lowest BCUT2D eigenvalue weighted by Crippen LogP contribution is -2.34. The lowest BCUT2D eigenvalue weighted by atomic mass is 10.2. The molecule has 0 aromatic carbocycles. The highest BCUT2D eigenvalue weighted by atomic mass is 35.5. The van der Waals surface area contributed by atoms with Crippen LogP contribution in [0.1, 0.15) is 13.8 Å². The zero-order chi connectivity index (χ0) is 12.6. The number of carbonyl (C=O) groups excluding carboxylic acids is 1. The van der Waals surface area contributed by atoms with Gasteiger partial charge in [-0.1, -0.05) is 5.57 Å². The first-order chi connectivity index (χ1) is 7.51. The van der Waals surface area contributed by atoms with Crippen molar-refractivity contribution in [3.05, 3.63) is 11.6 Å². The molecule has 0 aromatic rings. The summed E-state index contributed by atoms with van der Waals surface area (Å²) in [5, 5.41) is -0.417. The molecule has 5 heteroatoms. The van der Waals surface area contributed by atoms with Gasteiger partial charge >= 0.3 is 5.97 Å². The molecule has 0 saturated heterocycles. The average Bonchev–Trinajstić information content (AvgIpc) is 2.16. The maximum absolute atomic E-state index is 11.4. The van der Waals surface area contributed by atoms with Gasteiger partial charge in [-0.2, -0.15) is 0 Å². The van der Waals surface area contributed by atoms with Crippen molar-refractivity contribution in [1.82, 2.24) is 0 Å². The highest BCUT2D eigenvalue weighted by Crippen LogP contribution is 2.09. The lowest BCUT2D eigenvalue weighted by molar-refractivity contribution is -0.146. The summed E-state index contributed by atoms with van der Waals surface area (Å²) in [5.41, 5.74) is 0.874. The van der Waals surface area contributed by atoms with Gasteiger partial charge in [-0.05, 0) is 13.8 Å². The fourth-order valence-electron chi connectivity index (χ4n) is 1.06. The molecule has 16 heavy (non-hydrogen) atoms. The van der Waals surface area contributed by atoms with E-state index >= 15 is 0 Å². The van der Waals surface area contributed by atoms with E-state index < -0.39 is 17.5 Å². The van der Waals surface area contributed by atoms with E-state index in [1.165, 1.54) is 20.3 Å². The summed E-state index contributed by atoms with van der Waals surface area (Å²) in [7, 11) is 3.06. The second kappa shape index (κ2) is 8.56. The molecule has 0 bridgehead atoms. The van der Waals surface area contributed by atoms with E-state index in [-0.39, 0.29) is 6.61 Å². The number of ether oxygens (including phenoxy) is 3. The molecule has 0 aromatic heterocycles. The quantitative estimate of drug-likeness (QED) is 0.392. The highest BCUT2D eigenvalue weighted by Gasteiger charge is 2.22. The smallest absolute Gasteiger partial charge is 0.331 e. The number of esters is 1. The van der Waals surface area contributed by atoms with E-state index in [1.807, 2.05) is 13.8 Å². The summed E-state index contributed by atoms with van der Waals surface area (Å²) in [6.45, 7) is 4.19. The minimum atomic E-state index is -0.505. The van der Waals surface area contributed by atoms with Crippen molar-refractivity contribution in [2.24, 2.45) is 0 Å². The van der Waals surface area contributed by atoms with Crippen LogP contribution in [0.4, 0.5) is 0 Å². The van der Waals surface area contributed by atoms with Crippen LogP contribution in [0.5, 0.6) is 0 Å². The maximum atomic E-state index is 11.4. The first-order valence-electron chi connectivity index (χ1n) is 4.98. The van der Waals surface area contributed by atoms with Crippen LogP contribution in [0.15, 0.2) is 11.6 Å². The summed E-state index contributed by atoms with van der Waals surface area (Å²) in [6.07, 6.45) is 0.911. The van der Waals surface area contributed by atoms with Gasteiger partial charge in [-0.25, -0.2) is 4.79 Å². The van der Waals surface area contributed by atoms with Crippen molar-refractivity contribution < 1.29 is 19.0 Å². The first kappa shape index (κ1) is 15.4. The molecular weight excluding hydrogens is 232 g/mol. The van der Waals surface area contributed by atoms with Gasteiger partial charge in [0.2, 0.25) is 0 Å². The molecule has 0 fully saturated rings. The Kier molecular flexibility index (Phi) is 8.25. The SMILES string of the molecule is COC[C@@H](Cl)[C@H](COC)OC(=O)C=C(C)C. The summed E-state index contributed by atoms with van der Waals surface area (Å²) < 4.78 is 15.0. The number of halogens is 1.